The largest absolute Gasteiger partial charge is 0.478 e. The maximum Gasteiger partial charge on any atom is 0.423 e. The van der Waals surface area contributed by atoms with Gasteiger partial charge >= 0.3 is 17.4 Å². The Morgan fingerprint density at radius 3 is 2.69 bits per heavy atom. The van der Waals surface area contributed by atoms with Crippen molar-refractivity contribution >= 4 is 39.6 Å². The number of nitrogens with zero attached hydrogens (tertiary/aromatic N) is 2. The van der Waals surface area contributed by atoms with Crippen LogP contribution < -0.4 is 16.1 Å². The first-order valence-corrected chi connectivity index (χ1v) is 8.58. The molecule has 0 radical (unpaired) electrons. The molecule has 0 fully saturated rings. The molecule has 0 saturated heterocycles. The van der Waals surface area contributed by atoms with Gasteiger partial charge in [0.2, 0.25) is 0 Å². The van der Waals surface area contributed by atoms with Crippen molar-refractivity contribution in [3.05, 3.63) is 66.6 Å². The maximum absolute atomic E-state index is 12.2. The predicted octanol–water partition coefficient (Wildman–Crippen LogP) is 1.57. The van der Waals surface area contributed by atoms with Crippen LogP contribution >= 0.6 is 22.6 Å². The Hall–Kier alpha value is -2.69. The standard InChI is InChI=1S/C17H13IN2O6/c1-20-14-13(16(23)26-17(20)24)10(11(18)8-19-14)7-12(15(21)22)25-9-5-3-2-4-6-9/h2-6,8,12H,7H2,1H3,(H,21,22). The fourth-order valence-corrected chi connectivity index (χ4v) is 3.13. The van der Waals surface area contributed by atoms with Crippen LogP contribution in [0.25, 0.3) is 11.0 Å². The van der Waals surface area contributed by atoms with Crippen LogP contribution in [0.3, 0.4) is 0 Å². The molecule has 0 aliphatic heterocycles. The number of aliphatic carboxylic acids is 1. The van der Waals surface area contributed by atoms with Crippen molar-refractivity contribution in [3.63, 3.8) is 0 Å². The van der Waals surface area contributed by atoms with E-state index in [0.717, 1.165) is 4.57 Å². The first-order chi connectivity index (χ1) is 12.4. The fourth-order valence-electron chi connectivity index (χ4n) is 2.50. The molecule has 26 heavy (non-hydrogen) atoms. The second-order valence-corrected chi connectivity index (χ2v) is 6.62. The number of hydrogen-bond acceptors (Lipinski definition) is 6. The minimum Gasteiger partial charge on any atom is -0.478 e. The predicted molar refractivity (Wildman–Crippen MR) is 100 cm³/mol. The molecular weight excluding hydrogens is 455 g/mol. The molecule has 1 N–H and O–H groups in total. The number of aromatic nitrogens is 2. The first-order valence-electron chi connectivity index (χ1n) is 7.50. The lowest BCUT2D eigenvalue weighted by Crippen LogP contribution is -2.31. The average molecular weight is 468 g/mol. The van der Waals surface area contributed by atoms with Crippen molar-refractivity contribution in [3.8, 4) is 5.75 Å². The third-order valence-electron chi connectivity index (χ3n) is 3.78. The molecule has 1 unspecified atom stereocenters. The lowest BCUT2D eigenvalue weighted by Gasteiger charge is -2.17. The molecule has 0 saturated carbocycles. The Labute approximate surface area is 160 Å². The number of para-hydroxylation sites is 1. The summed E-state index contributed by atoms with van der Waals surface area (Å²) in [5.41, 5.74) is -0.318. The van der Waals surface area contributed by atoms with Crippen LogP contribution in [0.5, 0.6) is 5.75 Å². The van der Waals surface area contributed by atoms with E-state index in [9.17, 15) is 19.5 Å². The van der Waals surface area contributed by atoms with Gasteiger partial charge in [0, 0.05) is 23.2 Å². The molecule has 2 heterocycles. The Kier molecular flexibility index (Phi) is 5.07. The van der Waals surface area contributed by atoms with Crippen molar-refractivity contribution in [1.82, 2.24) is 9.55 Å². The molecule has 0 bridgehead atoms. The lowest BCUT2D eigenvalue weighted by atomic mass is 10.1. The number of carboxylic acid groups (broad SMARTS) is 1. The van der Waals surface area contributed by atoms with E-state index in [-0.39, 0.29) is 17.5 Å². The van der Waals surface area contributed by atoms with Crippen molar-refractivity contribution in [1.29, 1.82) is 0 Å². The highest BCUT2D eigenvalue weighted by molar-refractivity contribution is 14.1. The topological polar surface area (TPSA) is 112 Å². The molecule has 3 aromatic rings. The number of rotatable bonds is 5. The van der Waals surface area contributed by atoms with E-state index in [1.165, 1.54) is 13.2 Å². The van der Waals surface area contributed by atoms with Gasteiger partial charge < -0.3 is 14.3 Å². The van der Waals surface area contributed by atoms with Crippen molar-refractivity contribution < 1.29 is 19.1 Å². The van der Waals surface area contributed by atoms with Crippen LogP contribution in [0.1, 0.15) is 5.56 Å². The van der Waals surface area contributed by atoms with Crippen LogP contribution in [-0.4, -0.2) is 26.7 Å². The number of aryl methyl sites for hydroxylation is 1. The molecule has 3 rings (SSSR count). The zero-order valence-corrected chi connectivity index (χ0v) is 15.7. The summed E-state index contributed by atoms with van der Waals surface area (Å²) >= 11 is 1.95. The molecule has 0 amide bonds. The average Bonchev–Trinajstić information content (AvgIpc) is 2.61. The van der Waals surface area contributed by atoms with Crippen molar-refractivity contribution in [2.24, 2.45) is 7.05 Å². The summed E-state index contributed by atoms with van der Waals surface area (Å²) in [7, 11) is 1.42. The maximum atomic E-state index is 12.2. The molecule has 0 aliphatic carbocycles. The second-order valence-electron chi connectivity index (χ2n) is 5.46. The number of halogens is 1. The minimum absolute atomic E-state index is 0.0712. The third kappa shape index (κ3) is 3.47. The summed E-state index contributed by atoms with van der Waals surface area (Å²) in [5, 5.41) is 9.60. The summed E-state index contributed by atoms with van der Waals surface area (Å²) in [4.78, 5) is 39.6. The highest BCUT2D eigenvalue weighted by atomic mass is 127. The van der Waals surface area contributed by atoms with E-state index in [0.29, 0.717) is 14.9 Å². The highest BCUT2D eigenvalue weighted by Crippen LogP contribution is 2.22. The molecule has 9 heteroatoms. The van der Waals surface area contributed by atoms with E-state index in [1.54, 1.807) is 30.3 Å². The molecule has 0 spiro atoms. The van der Waals surface area contributed by atoms with Gasteiger partial charge in [-0.2, -0.15) is 0 Å². The normalized spacial score (nSPS) is 12.1. The third-order valence-corrected chi connectivity index (χ3v) is 4.71. The number of fused-ring (bicyclic) bond motifs is 1. The number of ether oxygens (including phenoxy) is 1. The Bertz CT molecular complexity index is 1090. The van der Waals surface area contributed by atoms with Crippen LogP contribution in [0.15, 0.2) is 50.5 Å². The second kappa shape index (κ2) is 7.28. The zero-order chi connectivity index (χ0) is 18.8. The number of carbonyl (C=O) groups is 1. The highest BCUT2D eigenvalue weighted by Gasteiger charge is 2.25. The smallest absolute Gasteiger partial charge is 0.423 e. The van der Waals surface area contributed by atoms with Gasteiger partial charge in [0.05, 0.1) is 0 Å². The van der Waals surface area contributed by atoms with E-state index < -0.39 is 23.5 Å². The number of benzene rings is 1. The molecule has 1 aromatic carbocycles. The minimum atomic E-state index is -1.23. The zero-order valence-electron chi connectivity index (χ0n) is 13.5. The quantitative estimate of drug-likeness (QED) is 0.566. The summed E-state index contributed by atoms with van der Waals surface area (Å²) in [6.45, 7) is 0. The first kappa shape index (κ1) is 18.1. The Morgan fingerprint density at radius 1 is 1.35 bits per heavy atom. The molecule has 134 valence electrons. The van der Waals surface area contributed by atoms with E-state index in [2.05, 4.69) is 4.98 Å². The summed E-state index contributed by atoms with van der Waals surface area (Å²) in [6, 6.07) is 8.52. The van der Waals surface area contributed by atoms with Crippen LogP contribution in [0, 0.1) is 3.57 Å². The molecule has 1 atom stereocenters. The van der Waals surface area contributed by atoms with Crippen molar-refractivity contribution in [2.75, 3.05) is 0 Å². The summed E-state index contributed by atoms with van der Waals surface area (Å²) in [6.07, 6.45) is 0.149. The van der Waals surface area contributed by atoms with Gasteiger partial charge in [0.15, 0.2) is 11.8 Å². The number of carboxylic acids is 1. The van der Waals surface area contributed by atoms with Gasteiger partial charge in [0.25, 0.3) is 0 Å². The lowest BCUT2D eigenvalue weighted by molar-refractivity contribution is -0.145. The van der Waals surface area contributed by atoms with Gasteiger partial charge in [-0.1, -0.05) is 18.2 Å². The van der Waals surface area contributed by atoms with E-state index >= 15 is 0 Å². The van der Waals surface area contributed by atoms with E-state index in [1.807, 2.05) is 22.6 Å². The molecule has 2 aromatic heterocycles. The number of pyridine rings is 1. The van der Waals surface area contributed by atoms with E-state index in [4.69, 9.17) is 9.15 Å². The Morgan fingerprint density at radius 2 is 2.04 bits per heavy atom. The van der Waals surface area contributed by atoms with Crippen LogP contribution in [-0.2, 0) is 18.3 Å². The van der Waals surface area contributed by atoms with Gasteiger partial charge in [-0.25, -0.2) is 19.4 Å². The van der Waals surface area contributed by atoms with Crippen LogP contribution in [0.4, 0.5) is 0 Å². The molecular formula is C17H13IN2O6. The van der Waals surface area contributed by atoms with Crippen molar-refractivity contribution in [2.45, 2.75) is 12.5 Å². The Balaban J connectivity index is 2.10. The van der Waals surface area contributed by atoms with Gasteiger partial charge in [-0.05, 0) is 40.3 Å². The van der Waals surface area contributed by atoms with Gasteiger partial charge in [-0.15, -0.1) is 0 Å². The molecule has 0 aliphatic rings. The van der Waals surface area contributed by atoms with Crippen LogP contribution in [0.2, 0.25) is 0 Å². The molecule has 8 nitrogen and oxygen atoms in total. The SMILES string of the molecule is Cn1c(=O)oc(=O)c2c(CC(Oc3ccccc3)C(=O)O)c(I)cnc21. The fraction of sp³-hybridized carbons (Fsp3) is 0.176. The number of hydrogen-bond donors (Lipinski definition) is 1. The summed E-state index contributed by atoms with van der Waals surface area (Å²) in [5.74, 6) is -1.62. The summed E-state index contributed by atoms with van der Waals surface area (Å²) < 4.78 is 11.9. The van der Waals surface area contributed by atoms with Gasteiger partial charge in [0.1, 0.15) is 11.1 Å². The van der Waals surface area contributed by atoms with Gasteiger partial charge in [-0.3, -0.25) is 4.57 Å². The monoisotopic (exact) mass is 468 g/mol.